The van der Waals surface area contributed by atoms with Gasteiger partial charge in [0.15, 0.2) is 0 Å². The Morgan fingerprint density at radius 1 is 1.13 bits per heavy atom. The van der Waals surface area contributed by atoms with Crippen LogP contribution in [0.25, 0.3) is 0 Å². The zero-order valence-electron chi connectivity index (χ0n) is 17.1. The van der Waals surface area contributed by atoms with Crippen molar-refractivity contribution in [3.05, 3.63) is 104 Å². The molecule has 0 atom stereocenters. The second kappa shape index (κ2) is 12.7. The second-order valence-corrected chi connectivity index (χ2v) is 6.08. The number of rotatable bonds is 6. The summed E-state index contributed by atoms with van der Waals surface area (Å²) < 4.78 is 44.6. The Bertz CT molecular complexity index is 954. The Balaban J connectivity index is 0.000000370. The van der Waals surface area contributed by atoms with Crippen molar-refractivity contribution in [1.29, 1.82) is 0 Å². The molecule has 1 heterocycles. The zero-order valence-corrected chi connectivity index (χ0v) is 17.1. The molecule has 0 spiro atoms. The number of ether oxygens (including phenoxy) is 1. The second-order valence-electron chi connectivity index (χ2n) is 6.08. The van der Waals surface area contributed by atoms with Crippen LogP contribution in [0.1, 0.15) is 16.7 Å². The van der Waals surface area contributed by atoms with Crippen LogP contribution in [0.15, 0.2) is 73.3 Å². The molecule has 0 saturated carbocycles. The molecule has 31 heavy (non-hydrogen) atoms. The molecule has 0 N–H and O–H groups in total. The number of imidazole rings is 1. The van der Waals surface area contributed by atoms with Crippen LogP contribution in [0.3, 0.4) is 0 Å². The Kier molecular flexibility index (Phi) is 10.7. The number of hydrogen-bond donors (Lipinski definition) is 0. The molecular weight excluding hydrogens is 400 g/mol. The Morgan fingerprint density at radius 3 is 2.32 bits per heavy atom. The third-order valence-electron chi connectivity index (χ3n) is 3.93. The minimum atomic E-state index is -4.34. The quantitative estimate of drug-likeness (QED) is 0.350. The maximum atomic E-state index is 12.4. The molecule has 3 rings (SSSR count). The van der Waals surface area contributed by atoms with Crippen molar-refractivity contribution < 1.29 is 41.6 Å². The Labute approximate surface area is 191 Å². The van der Waals surface area contributed by atoms with Gasteiger partial charge in [-0.25, -0.2) is 17.5 Å². The van der Waals surface area contributed by atoms with E-state index in [0.717, 1.165) is 23.3 Å². The summed E-state index contributed by atoms with van der Waals surface area (Å²) in [6.45, 7) is 8.32. The number of nitrogens with zero attached hydrogens (tertiary/aromatic N) is 2. The van der Waals surface area contributed by atoms with Gasteiger partial charge < -0.3 is 21.0 Å². The van der Waals surface area contributed by atoms with E-state index in [4.69, 9.17) is 4.74 Å². The van der Waals surface area contributed by atoms with Crippen LogP contribution in [0.5, 0.6) is 11.5 Å². The largest absolute Gasteiger partial charge is 1.00 e. The molecule has 0 unspecified atom stereocenters. The van der Waals surface area contributed by atoms with E-state index in [0.29, 0.717) is 24.5 Å². The molecule has 4 nitrogen and oxygen atoms in total. The van der Waals surface area contributed by atoms with Gasteiger partial charge in [0.05, 0.1) is 17.6 Å². The van der Waals surface area contributed by atoms with Crippen molar-refractivity contribution >= 4 is 6.29 Å². The molecular formula is C23H20F3LiN2O2-2. The van der Waals surface area contributed by atoms with Gasteiger partial charge in [0, 0.05) is 12.4 Å². The average Bonchev–Trinajstić information content (AvgIpc) is 3.22. The van der Waals surface area contributed by atoms with Crippen LogP contribution in [-0.4, -0.2) is 15.8 Å². The number of alkyl halides is 3. The van der Waals surface area contributed by atoms with Crippen molar-refractivity contribution in [1.82, 2.24) is 9.55 Å². The van der Waals surface area contributed by atoms with E-state index in [1.807, 2.05) is 16.8 Å². The maximum Gasteiger partial charge on any atom is 1.00 e. The monoisotopic (exact) mass is 420 g/mol. The van der Waals surface area contributed by atoms with Gasteiger partial charge in [-0.1, -0.05) is 0 Å². The minimum absolute atomic E-state index is 0. The van der Waals surface area contributed by atoms with Crippen molar-refractivity contribution in [3.8, 4) is 11.5 Å². The first-order valence-electron chi connectivity index (χ1n) is 8.91. The molecule has 0 aliphatic rings. The number of aromatic nitrogens is 2. The van der Waals surface area contributed by atoms with E-state index in [9.17, 15) is 18.0 Å². The summed E-state index contributed by atoms with van der Waals surface area (Å²) in [7, 11) is 0. The van der Waals surface area contributed by atoms with E-state index in [1.54, 1.807) is 37.0 Å². The third kappa shape index (κ3) is 8.79. The van der Waals surface area contributed by atoms with Crippen LogP contribution in [0.4, 0.5) is 13.2 Å². The summed E-state index contributed by atoms with van der Waals surface area (Å²) in [4.78, 5) is 13.5. The first-order chi connectivity index (χ1) is 14.3. The van der Waals surface area contributed by atoms with Gasteiger partial charge in [-0.15, -0.1) is 12.1 Å². The molecule has 1 aromatic heterocycles. The predicted octanol–water partition coefficient (Wildman–Crippen LogP) is 2.61. The van der Waals surface area contributed by atoms with Crippen LogP contribution < -0.4 is 23.6 Å². The van der Waals surface area contributed by atoms with Crippen molar-refractivity contribution in [2.45, 2.75) is 19.1 Å². The number of halogens is 3. The summed E-state index contributed by atoms with van der Waals surface area (Å²) in [5.41, 5.74) is 1.10. The molecule has 0 saturated heterocycles. The van der Waals surface area contributed by atoms with Crippen molar-refractivity contribution in [2.75, 3.05) is 0 Å². The normalized spacial score (nSPS) is 10.7. The molecule has 0 aliphatic carbocycles. The fraction of sp³-hybridized carbons (Fsp3) is 0.130. The fourth-order valence-electron chi connectivity index (χ4n) is 2.37. The summed E-state index contributed by atoms with van der Waals surface area (Å²) in [6, 6.07) is 9.89. The predicted molar refractivity (Wildman–Crippen MR) is 109 cm³/mol. The fourth-order valence-corrected chi connectivity index (χ4v) is 2.37. The smallest absolute Gasteiger partial charge is 0.470 e. The van der Waals surface area contributed by atoms with Gasteiger partial charge in [0.2, 0.25) is 0 Å². The maximum absolute atomic E-state index is 12.4. The van der Waals surface area contributed by atoms with E-state index >= 15 is 0 Å². The summed E-state index contributed by atoms with van der Waals surface area (Å²) in [6.07, 6.45) is 6.23. The SMILES string of the molecule is O=[C-]/C=C/Cn1ccnc1.[CH2-]Cc1ccc(Oc2ccc(C(F)(F)F)cc2)cc1[CH2-].[Li+]. The first kappa shape index (κ1) is 26.2. The molecule has 0 radical (unpaired) electrons. The summed E-state index contributed by atoms with van der Waals surface area (Å²) >= 11 is 0. The molecule has 0 aliphatic heterocycles. The van der Waals surface area contributed by atoms with E-state index in [1.165, 1.54) is 18.2 Å². The van der Waals surface area contributed by atoms with Crippen LogP contribution in [0.2, 0.25) is 0 Å². The number of carbonyl (C=O) groups excluding carboxylic acids is 1. The average molecular weight is 420 g/mol. The standard InChI is InChI=1S/C16H13F3O.C7H7N2O.Li/c1-3-12-4-7-15(10-11(12)2)20-14-8-5-13(6-9-14)16(17,18)19;10-6-2-1-4-9-5-3-8-7-9;/h4-10H,1-3H2;1-3,5,7H,4H2;/q-2;-1;+1/b;2-1+;. The van der Waals surface area contributed by atoms with Crippen molar-refractivity contribution in [2.24, 2.45) is 0 Å². The molecule has 0 amide bonds. The summed E-state index contributed by atoms with van der Waals surface area (Å²) in [5.74, 6) is 0.881. The van der Waals surface area contributed by atoms with E-state index in [2.05, 4.69) is 18.8 Å². The number of hydrogen-bond acceptors (Lipinski definition) is 3. The van der Waals surface area contributed by atoms with Gasteiger partial charge in [-0.2, -0.15) is 37.3 Å². The Morgan fingerprint density at radius 2 is 1.81 bits per heavy atom. The van der Waals surface area contributed by atoms with Gasteiger partial charge >= 0.3 is 25.0 Å². The topological polar surface area (TPSA) is 44.1 Å². The number of benzene rings is 2. The minimum Gasteiger partial charge on any atom is -0.470 e. The van der Waals surface area contributed by atoms with Gasteiger partial charge in [-0.3, -0.25) is 0 Å². The molecule has 0 fully saturated rings. The molecule has 0 bridgehead atoms. The third-order valence-corrected chi connectivity index (χ3v) is 3.93. The van der Waals surface area contributed by atoms with Gasteiger partial charge in [-0.05, 0) is 43.2 Å². The molecule has 2 aromatic carbocycles. The molecule has 158 valence electrons. The zero-order chi connectivity index (χ0) is 22.0. The van der Waals surface area contributed by atoms with Crippen LogP contribution in [0, 0.1) is 13.8 Å². The Hall–Kier alpha value is -2.88. The van der Waals surface area contributed by atoms with E-state index < -0.39 is 11.7 Å². The summed E-state index contributed by atoms with van der Waals surface area (Å²) in [5, 5.41) is 0. The molecule has 3 aromatic rings. The number of allylic oxidation sites excluding steroid dienone is 2. The van der Waals surface area contributed by atoms with E-state index in [-0.39, 0.29) is 18.9 Å². The first-order valence-corrected chi connectivity index (χ1v) is 8.91. The van der Waals surface area contributed by atoms with Crippen LogP contribution in [-0.2, 0) is 23.9 Å². The van der Waals surface area contributed by atoms with Gasteiger partial charge in [0.25, 0.3) is 0 Å². The van der Waals surface area contributed by atoms with Crippen LogP contribution >= 0.6 is 0 Å². The molecule has 8 heteroatoms. The van der Waals surface area contributed by atoms with Gasteiger partial charge in [0.1, 0.15) is 5.75 Å². The van der Waals surface area contributed by atoms with Crippen molar-refractivity contribution in [3.63, 3.8) is 0 Å².